The van der Waals surface area contributed by atoms with E-state index < -0.39 is 0 Å². The number of aromatic amines is 1. The van der Waals surface area contributed by atoms with Gasteiger partial charge in [-0.2, -0.15) is 5.10 Å². The average molecular weight is 405 g/mol. The van der Waals surface area contributed by atoms with Crippen LogP contribution in [-0.2, 0) is 0 Å². The third-order valence-corrected chi connectivity index (χ3v) is 7.50. The fraction of sp³-hybridized carbons (Fsp3) is 0.542. The van der Waals surface area contributed by atoms with Crippen molar-refractivity contribution in [3.8, 4) is 0 Å². The van der Waals surface area contributed by atoms with Crippen LogP contribution >= 0.6 is 0 Å². The number of benzene rings is 1. The van der Waals surface area contributed by atoms with E-state index in [1.165, 1.54) is 36.9 Å². The Kier molecular flexibility index (Phi) is 4.88. The lowest BCUT2D eigenvalue weighted by atomic mass is 9.78. The molecule has 1 atom stereocenters. The van der Waals surface area contributed by atoms with Gasteiger partial charge in [0.25, 0.3) is 0 Å². The Morgan fingerprint density at radius 2 is 1.93 bits per heavy atom. The van der Waals surface area contributed by atoms with Crippen molar-refractivity contribution in [2.75, 3.05) is 29.4 Å². The van der Waals surface area contributed by atoms with Gasteiger partial charge in [0.2, 0.25) is 0 Å². The van der Waals surface area contributed by atoms with Gasteiger partial charge in [-0.1, -0.05) is 45.4 Å². The van der Waals surface area contributed by atoms with Gasteiger partial charge in [-0.25, -0.2) is 9.97 Å². The quantitative estimate of drug-likeness (QED) is 0.630. The molecule has 3 aromatic rings. The average Bonchev–Trinajstić information content (AvgIpc) is 3.22. The number of H-pyrrole nitrogens is 1. The number of fused-ring (bicyclic) bond motifs is 2. The summed E-state index contributed by atoms with van der Waals surface area (Å²) in [4.78, 5) is 14.4. The fourth-order valence-electron chi connectivity index (χ4n) is 5.03. The highest BCUT2D eigenvalue weighted by atomic mass is 15.3. The van der Waals surface area contributed by atoms with Gasteiger partial charge >= 0.3 is 0 Å². The summed E-state index contributed by atoms with van der Waals surface area (Å²) in [6.07, 6.45) is 7.90. The van der Waals surface area contributed by atoms with Gasteiger partial charge in [-0.15, -0.1) is 0 Å². The second-order valence-electron chi connectivity index (χ2n) is 9.23. The molecule has 0 saturated carbocycles. The van der Waals surface area contributed by atoms with Crippen molar-refractivity contribution in [1.29, 1.82) is 0 Å². The van der Waals surface area contributed by atoms with Gasteiger partial charge in [0.15, 0.2) is 17.0 Å². The predicted octanol–water partition coefficient (Wildman–Crippen LogP) is 5.40. The highest BCUT2D eigenvalue weighted by molar-refractivity contribution is 5.87. The maximum Gasteiger partial charge on any atom is 0.183 e. The highest BCUT2D eigenvalue weighted by Crippen LogP contribution is 2.41. The van der Waals surface area contributed by atoms with Crippen molar-refractivity contribution >= 4 is 28.5 Å². The largest absolute Gasteiger partial charge is 0.355 e. The van der Waals surface area contributed by atoms with Gasteiger partial charge in [0.05, 0.1) is 6.20 Å². The molecule has 1 fully saturated rings. The molecule has 6 heteroatoms. The second-order valence-corrected chi connectivity index (χ2v) is 9.23. The van der Waals surface area contributed by atoms with Gasteiger partial charge in [0, 0.05) is 25.3 Å². The van der Waals surface area contributed by atoms with Crippen molar-refractivity contribution in [2.24, 2.45) is 5.41 Å². The molecule has 1 saturated heterocycles. The van der Waals surface area contributed by atoms with Crippen LogP contribution in [0.1, 0.15) is 64.4 Å². The van der Waals surface area contributed by atoms with E-state index in [1.807, 2.05) is 6.20 Å². The van der Waals surface area contributed by atoms with E-state index in [0.717, 1.165) is 48.9 Å². The van der Waals surface area contributed by atoms with Crippen LogP contribution in [-0.4, -0.2) is 39.8 Å². The first-order valence-electron chi connectivity index (χ1n) is 11.4. The third-order valence-electron chi connectivity index (χ3n) is 7.50. The topological polar surface area (TPSA) is 60.9 Å². The summed E-state index contributed by atoms with van der Waals surface area (Å²) in [5.41, 5.74) is 4.78. The van der Waals surface area contributed by atoms with Crippen LogP contribution in [0.2, 0.25) is 0 Å². The molecule has 1 aromatic carbocycles. The molecule has 2 aliphatic rings. The molecule has 6 nitrogen and oxygen atoms in total. The number of piperidine rings is 1. The molecular weight excluding hydrogens is 372 g/mol. The van der Waals surface area contributed by atoms with Crippen molar-refractivity contribution in [3.05, 3.63) is 36.0 Å². The number of para-hydroxylation sites is 1. The summed E-state index contributed by atoms with van der Waals surface area (Å²) < 4.78 is 0. The van der Waals surface area contributed by atoms with Gasteiger partial charge in [-0.3, -0.25) is 5.10 Å². The molecule has 30 heavy (non-hydrogen) atoms. The molecule has 1 unspecified atom stereocenters. The zero-order valence-corrected chi connectivity index (χ0v) is 18.4. The Morgan fingerprint density at radius 3 is 2.70 bits per heavy atom. The SMILES string of the molecule is CCC1CCN(c2n[nH]c3nc(N4CCC(C)(CC)CC4)cnc23)c2ccccc21. The molecule has 2 aliphatic heterocycles. The number of hydrogen-bond acceptors (Lipinski definition) is 5. The number of aromatic nitrogens is 4. The maximum absolute atomic E-state index is 4.89. The van der Waals surface area contributed by atoms with Crippen molar-refractivity contribution in [2.45, 2.75) is 58.8 Å². The zero-order valence-electron chi connectivity index (χ0n) is 18.4. The van der Waals surface area contributed by atoms with Crippen LogP contribution in [0.3, 0.4) is 0 Å². The van der Waals surface area contributed by atoms with Crippen molar-refractivity contribution < 1.29 is 0 Å². The molecule has 0 spiro atoms. The van der Waals surface area contributed by atoms with Crippen LogP contribution < -0.4 is 9.80 Å². The Labute approximate surface area is 178 Å². The Morgan fingerprint density at radius 1 is 1.13 bits per heavy atom. The first kappa shape index (κ1) is 19.3. The van der Waals surface area contributed by atoms with Crippen LogP contribution in [0.5, 0.6) is 0 Å². The Bertz CT molecular complexity index is 1030. The van der Waals surface area contributed by atoms with Crippen LogP contribution in [0, 0.1) is 5.41 Å². The molecular formula is C24H32N6. The van der Waals surface area contributed by atoms with E-state index in [4.69, 9.17) is 9.97 Å². The van der Waals surface area contributed by atoms with Gasteiger partial charge < -0.3 is 9.80 Å². The minimum Gasteiger partial charge on any atom is -0.355 e. The van der Waals surface area contributed by atoms with E-state index in [1.54, 1.807) is 0 Å². The first-order chi connectivity index (χ1) is 14.6. The molecule has 2 aromatic heterocycles. The summed E-state index contributed by atoms with van der Waals surface area (Å²) in [7, 11) is 0. The first-order valence-corrected chi connectivity index (χ1v) is 11.4. The summed E-state index contributed by atoms with van der Waals surface area (Å²) in [5, 5.41) is 7.81. The molecule has 158 valence electrons. The number of hydrogen-bond donors (Lipinski definition) is 1. The molecule has 1 N–H and O–H groups in total. The molecule has 0 aliphatic carbocycles. The highest BCUT2D eigenvalue weighted by Gasteiger charge is 2.30. The summed E-state index contributed by atoms with van der Waals surface area (Å²) in [6.45, 7) is 10.0. The lowest BCUT2D eigenvalue weighted by molar-refractivity contribution is 0.238. The van der Waals surface area contributed by atoms with Crippen LogP contribution in [0.4, 0.5) is 17.3 Å². The van der Waals surface area contributed by atoms with E-state index in [-0.39, 0.29) is 0 Å². The molecule has 4 heterocycles. The standard InChI is InChI=1S/C24H32N6/c1-4-17-10-13-30(19-9-7-6-8-18(17)19)23-21-22(27-28-23)26-20(16-25-21)29-14-11-24(3,5-2)12-15-29/h6-9,16-17H,4-5,10-15H2,1-3H3,(H,26,27,28). The fourth-order valence-corrected chi connectivity index (χ4v) is 5.03. The molecule has 0 bridgehead atoms. The Balaban J connectivity index is 1.44. The molecule has 0 amide bonds. The smallest absolute Gasteiger partial charge is 0.183 e. The summed E-state index contributed by atoms with van der Waals surface area (Å²) in [6, 6.07) is 8.72. The van der Waals surface area contributed by atoms with Crippen molar-refractivity contribution in [1.82, 2.24) is 20.2 Å². The van der Waals surface area contributed by atoms with E-state index in [0.29, 0.717) is 11.3 Å². The lowest BCUT2D eigenvalue weighted by Crippen LogP contribution is -2.38. The predicted molar refractivity (Wildman–Crippen MR) is 123 cm³/mol. The summed E-state index contributed by atoms with van der Waals surface area (Å²) in [5.74, 6) is 2.47. The van der Waals surface area contributed by atoms with Gasteiger partial charge in [-0.05, 0) is 48.6 Å². The van der Waals surface area contributed by atoms with E-state index >= 15 is 0 Å². The lowest BCUT2D eigenvalue weighted by Gasteiger charge is -2.39. The number of nitrogens with zero attached hydrogens (tertiary/aromatic N) is 5. The minimum atomic E-state index is 0.465. The number of anilines is 3. The van der Waals surface area contributed by atoms with Gasteiger partial charge in [0.1, 0.15) is 5.82 Å². The van der Waals surface area contributed by atoms with E-state index in [9.17, 15) is 0 Å². The summed E-state index contributed by atoms with van der Waals surface area (Å²) >= 11 is 0. The zero-order chi connectivity index (χ0) is 20.7. The molecule has 5 rings (SSSR count). The maximum atomic E-state index is 4.89. The normalized spacial score (nSPS) is 21.1. The molecule has 0 radical (unpaired) electrons. The Hall–Kier alpha value is -2.63. The van der Waals surface area contributed by atoms with E-state index in [2.05, 4.69) is 65.0 Å². The number of rotatable bonds is 4. The number of nitrogens with one attached hydrogen (secondary N) is 1. The second kappa shape index (κ2) is 7.56. The monoisotopic (exact) mass is 404 g/mol. The van der Waals surface area contributed by atoms with Crippen LogP contribution in [0.15, 0.2) is 30.5 Å². The minimum absolute atomic E-state index is 0.465. The van der Waals surface area contributed by atoms with Crippen molar-refractivity contribution in [3.63, 3.8) is 0 Å². The third kappa shape index (κ3) is 3.22. The van der Waals surface area contributed by atoms with Crippen LogP contribution in [0.25, 0.3) is 11.2 Å².